The number of carbonyl (C=O) groups is 2. The van der Waals surface area contributed by atoms with Crippen LogP contribution in [-0.2, 0) is 19.7 Å². The molecule has 29 heavy (non-hydrogen) atoms. The lowest BCUT2D eigenvalue weighted by Gasteiger charge is -2.10. The molecule has 154 valence electrons. The third-order valence-corrected chi connectivity index (χ3v) is 9.10. The topological polar surface area (TPSA) is 107 Å². The van der Waals surface area contributed by atoms with Crippen molar-refractivity contribution < 1.29 is 32.0 Å². The number of ether oxygens (including phenoxy) is 2. The van der Waals surface area contributed by atoms with Gasteiger partial charge in [-0.1, -0.05) is 0 Å². The molecule has 0 fully saturated rings. The van der Waals surface area contributed by atoms with Crippen molar-refractivity contribution in [1.82, 2.24) is 0 Å². The van der Waals surface area contributed by atoms with Crippen LogP contribution >= 0.6 is 99.6 Å². The van der Waals surface area contributed by atoms with E-state index in [2.05, 4.69) is 54.5 Å². The van der Waals surface area contributed by atoms with Crippen LogP contribution in [0.2, 0.25) is 0 Å². The molecular weight excluding hydrogens is 877 g/mol. The van der Waals surface area contributed by atoms with Crippen molar-refractivity contribution in [3.8, 4) is 11.5 Å². The summed E-state index contributed by atoms with van der Waals surface area (Å²) in [5.74, 6) is -1.41. The Hall–Kier alpha value is 0.180. The first-order chi connectivity index (χ1) is 13.4. The lowest BCUT2D eigenvalue weighted by molar-refractivity contribution is -0.132. The average Bonchev–Trinajstić information content (AvgIpc) is 2.60. The second-order valence-electron chi connectivity index (χ2n) is 5.05. The van der Waals surface area contributed by atoms with E-state index in [4.69, 9.17) is 9.47 Å². The predicted molar refractivity (Wildman–Crippen MR) is 137 cm³/mol. The Balaban J connectivity index is 2.20. The molecule has 0 aliphatic heterocycles. The van der Waals surface area contributed by atoms with Gasteiger partial charge in [0.05, 0.1) is 0 Å². The summed E-state index contributed by atoms with van der Waals surface area (Å²) in [6.07, 6.45) is 0. The molecular formula is C16H7Br2I3O7S. The van der Waals surface area contributed by atoms with Crippen molar-refractivity contribution in [3.63, 3.8) is 0 Å². The third-order valence-electron chi connectivity index (χ3n) is 3.02. The zero-order valence-corrected chi connectivity index (χ0v) is 24.1. The molecule has 2 aromatic rings. The first-order valence-electron chi connectivity index (χ1n) is 7.12. The molecule has 0 radical (unpaired) electrons. The quantitative estimate of drug-likeness (QED) is 0.144. The number of hydrogen-bond acceptors (Lipinski definition) is 6. The van der Waals surface area contributed by atoms with E-state index in [1.165, 1.54) is 12.1 Å². The molecule has 0 aromatic heterocycles. The first-order valence-corrected chi connectivity index (χ1v) is 13.4. The van der Waals surface area contributed by atoms with E-state index < -0.39 is 22.1 Å². The van der Waals surface area contributed by atoms with Crippen LogP contribution in [0.25, 0.3) is 0 Å². The van der Waals surface area contributed by atoms with E-state index in [1.54, 1.807) is 69.4 Å². The normalized spacial score (nSPS) is 12.2. The second kappa shape index (κ2) is 10.7. The van der Waals surface area contributed by atoms with Crippen molar-refractivity contribution in [3.05, 3.63) is 56.1 Å². The summed E-state index contributed by atoms with van der Waals surface area (Å²) >= 11 is 11.5. The smallest absolute Gasteiger partial charge is 0.352 e. The molecule has 0 amide bonds. The van der Waals surface area contributed by atoms with E-state index in [1.807, 2.05) is 0 Å². The summed E-state index contributed by atoms with van der Waals surface area (Å²) in [7, 11) is -4.43. The molecule has 2 rings (SSSR count). The third kappa shape index (κ3) is 7.09. The minimum Gasteiger partial charge on any atom is -0.423 e. The van der Waals surface area contributed by atoms with E-state index >= 15 is 0 Å². The summed E-state index contributed by atoms with van der Waals surface area (Å²) in [6, 6.07) is 9.25. The van der Waals surface area contributed by atoms with Crippen LogP contribution in [-0.4, -0.2) is 24.9 Å². The summed E-state index contributed by atoms with van der Waals surface area (Å²) in [4.78, 5) is 24.2. The zero-order valence-electron chi connectivity index (χ0n) is 13.7. The molecule has 13 heteroatoms. The van der Waals surface area contributed by atoms with Crippen LogP contribution in [0.5, 0.6) is 11.5 Å². The number of rotatable bonds is 5. The number of halogens is 5. The molecule has 0 bridgehead atoms. The van der Waals surface area contributed by atoms with Gasteiger partial charge in [0.1, 0.15) is 25.4 Å². The molecule has 0 unspecified atom stereocenters. The van der Waals surface area contributed by atoms with Gasteiger partial charge in [-0.05, 0) is 136 Å². The Morgan fingerprint density at radius 1 is 0.828 bits per heavy atom. The number of benzene rings is 2. The van der Waals surface area contributed by atoms with E-state index in [9.17, 15) is 22.6 Å². The monoisotopic (exact) mass is 882 g/mol. The molecule has 0 saturated carbocycles. The molecule has 1 N–H and O–H groups in total. The summed E-state index contributed by atoms with van der Waals surface area (Å²) in [6.45, 7) is 0. The van der Waals surface area contributed by atoms with E-state index in [-0.39, 0.29) is 26.8 Å². The van der Waals surface area contributed by atoms with Crippen molar-refractivity contribution >= 4 is 122 Å². The van der Waals surface area contributed by atoms with Gasteiger partial charge >= 0.3 is 11.9 Å². The Labute approximate surface area is 223 Å². The van der Waals surface area contributed by atoms with Crippen LogP contribution in [0, 0.1) is 10.7 Å². The van der Waals surface area contributed by atoms with Gasteiger partial charge in [0.2, 0.25) is 0 Å². The second-order valence-corrected chi connectivity index (χ2v) is 11.6. The first kappa shape index (κ1) is 25.4. The van der Waals surface area contributed by atoms with Gasteiger partial charge in [-0.25, -0.2) is 9.59 Å². The fraction of sp³-hybridized carbons (Fsp3) is 0. The molecule has 0 aliphatic carbocycles. The molecule has 0 aliphatic rings. The van der Waals surface area contributed by atoms with Crippen molar-refractivity contribution in [2.24, 2.45) is 0 Å². The highest BCUT2D eigenvalue weighted by atomic mass is 127. The van der Waals surface area contributed by atoms with Crippen molar-refractivity contribution in [2.75, 3.05) is 0 Å². The van der Waals surface area contributed by atoms with Gasteiger partial charge in [-0.15, -0.1) is 0 Å². The Morgan fingerprint density at radius 3 is 1.66 bits per heavy atom. The largest absolute Gasteiger partial charge is 0.423 e. The maximum Gasteiger partial charge on any atom is 0.352 e. The summed E-state index contributed by atoms with van der Waals surface area (Å²) in [5, 5.41) is 0. The van der Waals surface area contributed by atoms with Gasteiger partial charge < -0.3 is 9.47 Å². The number of hydrogen-bond donors (Lipinski definition) is 1. The maximum absolute atomic E-state index is 12.3. The fourth-order valence-electron chi connectivity index (χ4n) is 1.83. The molecule has 7 nitrogen and oxygen atoms in total. The van der Waals surface area contributed by atoms with E-state index in [0.717, 1.165) is 3.57 Å². The highest BCUT2D eigenvalue weighted by molar-refractivity contribution is 14.1. The number of esters is 2. The van der Waals surface area contributed by atoms with Crippen LogP contribution in [0.4, 0.5) is 0 Å². The van der Waals surface area contributed by atoms with Crippen LogP contribution < -0.4 is 9.47 Å². The maximum atomic E-state index is 12.3. The Kier molecular flexibility index (Phi) is 9.36. The standard InChI is InChI=1S/C16H7Br2I3O7S/c17-12(15(22)27-8-3-1-7(19)2-4-8)13(18)16(23)28-9-5-10(20)14(11(21)6-9)29(24,25)26/h1-6H,(H,24,25,26)/b13-12-. The van der Waals surface area contributed by atoms with E-state index in [0.29, 0.717) is 5.75 Å². The molecule has 2 aromatic carbocycles. The SMILES string of the molecule is O=C(Oc1ccc(I)cc1)/C(Br)=C(/Br)C(=O)Oc1cc(I)c(S(=O)(=O)O)c(I)c1. The Morgan fingerprint density at radius 2 is 1.24 bits per heavy atom. The van der Waals surface area contributed by atoms with Gasteiger partial charge in [-0.3, -0.25) is 4.55 Å². The minimum absolute atomic E-state index is 0.0273. The summed E-state index contributed by atoms with van der Waals surface area (Å²) in [5.41, 5.74) is 0. The van der Waals surface area contributed by atoms with Crippen LogP contribution in [0.15, 0.2) is 50.3 Å². The molecule has 0 saturated heterocycles. The lowest BCUT2D eigenvalue weighted by atomic mass is 10.3. The van der Waals surface area contributed by atoms with Gasteiger partial charge in [0.25, 0.3) is 10.1 Å². The predicted octanol–water partition coefficient (Wildman–Crippen LogP) is 5.26. The lowest BCUT2D eigenvalue weighted by Crippen LogP contribution is -2.15. The fourth-order valence-corrected chi connectivity index (χ4v) is 6.66. The average molecular weight is 884 g/mol. The van der Waals surface area contributed by atoms with Gasteiger partial charge in [0, 0.05) is 10.7 Å². The molecule has 0 heterocycles. The van der Waals surface area contributed by atoms with Crippen molar-refractivity contribution in [2.45, 2.75) is 4.90 Å². The van der Waals surface area contributed by atoms with Gasteiger partial charge in [0.15, 0.2) is 0 Å². The molecule has 0 spiro atoms. The van der Waals surface area contributed by atoms with Crippen molar-refractivity contribution in [1.29, 1.82) is 0 Å². The minimum atomic E-state index is -4.43. The Bertz CT molecular complexity index is 1090. The van der Waals surface area contributed by atoms with Crippen LogP contribution in [0.3, 0.4) is 0 Å². The highest BCUT2D eigenvalue weighted by Gasteiger charge is 2.23. The zero-order chi connectivity index (χ0) is 21.9. The summed E-state index contributed by atoms with van der Waals surface area (Å²) < 4.78 is 43.3. The van der Waals surface area contributed by atoms with Gasteiger partial charge in [-0.2, -0.15) is 8.42 Å². The number of carbonyl (C=O) groups excluding carboxylic acids is 2. The molecule has 0 atom stereocenters. The van der Waals surface area contributed by atoms with Crippen LogP contribution in [0.1, 0.15) is 0 Å². The highest BCUT2D eigenvalue weighted by Crippen LogP contribution is 2.30.